The van der Waals surface area contributed by atoms with Crippen molar-refractivity contribution in [3.05, 3.63) is 89.5 Å². The van der Waals surface area contributed by atoms with Crippen LogP contribution >= 0.6 is 0 Å². The van der Waals surface area contributed by atoms with Gasteiger partial charge in [0.05, 0.1) is 0 Å². The van der Waals surface area contributed by atoms with E-state index in [0.29, 0.717) is 19.8 Å². The molecule has 0 amide bonds. The third kappa shape index (κ3) is 9.35. The van der Waals surface area contributed by atoms with Crippen LogP contribution in [0.1, 0.15) is 64.2 Å². The molecular weight excluding hydrogens is 480 g/mol. The maximum Gasteiger partial charge on any atom is 0.196 e. The second-order valence-corrected chi connectivity index (χ2v) is 8.96. The highest BCUT2D eigenvalue weighted by atomic mass is 16.7. The molecule has 0 radical (unpaired) electrons. The van der Waals surface area contributed by atoms with Crippen molar-refractivity contribution in [2.24, 2.45) is 0 Å². The van der Waals surface area contributed by atoms with Gasteiger partial charge in [-0.2, -0.15) is 0 Å². The minimum atomic E-state index is -0.292. The Hall–Kier alpha value is -3.06. The SMILES string of the molecule is CCOC(C)Oc1ccc(CC(c2ccc(OC(C)OCC)cc2)c2ccc(OC(C)OCC)cc2)cc1. The average Bonchev–Trinajstić information content (AvgIpc) is 2.90. The minimum Gasteiger partial charge on any atom is -0.465 e. The van der Waals surface area contributed by atoms with Gasteiger partial charge in [0.15, 0.2) is 18.9 Å². The lowest BCUT2D eigenvalue weighted by atomic mass is 9.86. The molecule has 3 atom stereocenters. The molecule has 38 heavy (non-hydrogen) atoms. The first-order valence-corrected chi connectivity index (χ1v) is 13.5. The molecular formula is C32H42O6. The fourth-order valence-electron chi connectivity index (χ4n) is 4.31. The highest BCUT2D eigenvalue weighted by molar-refractivity contribution is 5.40. The second-order valence-electron chi connectivity index (χ2n) is 8.96. The summed E-state index contributed by atoms with van der Waals surface area (Å²) >= 11 is 0. The molecule has 0 saturated carbocycles. The average molecular weight is 523 g/mol. The van der Waals surface area contributed by atoms with Gasteiger partial charge in [0, 0.05) is 25.7 Å². The van der Waals surface area contributed by atoms with Gasteiger partial charge >= 0.3 is 0 Å². The van der Waals surface area contributed by atoms with Gasteiger partial charge in [-0.3, -0.25) is 0 Å². The molecule has 3 aromatic carbocycles. The van der Waals surface area contributed by atoms with Crippen molar-refractivity contribution in [2.45, 2.75) is 72.8 Å². The fraction of sp³-hybridized carbons (Fsp3) is 0.438. The van der Waals surface area contributed by atoms with E-state index in [0.717, 1.165) is 23.7 Å². The van der Waals surface area contributed by atoms with Gasteiger partial charge in [0.1, 0.15) is 17.2 Å². The Bertz CT molecular complexity index is 991. The molecule has 6 nitrogen and oxygen atoms in total. The van der Waals surface area contributed by atoms with Gasteiger partial charge in [-0.25, -0.2) is 0 Å². The largest absolute Gasteiger partial charge is 0.465 e. The van der Waals surface area contributed by atoms with Gasteiger partial charge in [0.25, 0.3) is 0 Å². The smallest absolute Gasteiger partial charge is 0.196 e. The maximum atomic E-state index is 5.87. The Kier molecular flexibility index (Phi) is 11.9. The number of hydrogen-bond acceptors (Lipinski definition) is 6. The van der Waals surface area contributed by atoms with E-state index in [1.54, 1.807) is 0 Å². The summed E-state index contributed by atoms with van der Waals surface area (Å²) in [7, 11) is 0. The van der Waals surface area contributed by atoms with Crippen LogP contribution in [-0.4, -0.2) is 38.7 Å². The lowest BCUT2D eigenvalue weighted by molar-refractivity contribution is -0.0616. The van der Waals surface area contributed by atoms with Crippen molar-refractivity contribution in [1.29, 1.82) is 0 Å². The first kappa shape index (κ1) is 29.5. The van der Waals surface area contributed by atoms with Crippen LogP contribution in [0.25, 0.3) is 0 Å². The molecule has 0 N–H and O–H groups in total. The number of rotatable bonds is 16. The Morgan fingerprint density at radius 2 is 0.789 bits per heavy atom. The molecule has 0 aliphatic heterocycles. The van der Waals surface area contributed by atoms with Crippen LogP contribution < -0.4 is 14.2 Å². The molecule has 0 aliphatic rings. The minimum absolute atomic E-state index is 0.140. The molecule has 0 aliphatic carbocycles. The molecule has 0 aromatic heterocycles. The van der Waals surface area contributed by atoms with Crippen LogP contribution in [0.5, 0.6) is 17.2 Å². The molecule has 0 spiro atoms. The summed E-state index contributed by atoms with van der Waals surface area (Å²) in [6.07, 6.45) is -0.0401. The summed E-state index contributed by atoms with van der Waals surface area (Å²) in [5.74, 6) is 2.50. The lowest BCUT2D eigenvalue weighted by Gasteiger charge is -2.21. The van der Waals surface area contributed by atoms with E-state index < -0.39 is 0 Å². The summed E-state index contributed by atoms with van der Waals surface area (Å²) in [6.45, 7) is 13.4. The molecule has 0 saturated heterocycles. The van der Waals surface area contributed by atoms with Crippen LogP contribution in [0.4, 0.5) is 0 Å². The Morgan fingerprint density at radius 3 is 1.11 bits per heavy atom. The van der Waals surface area contributed by atoms with E-state index in [2.05, 4.69) is 36.4 Å². The van der Waals surface area contributed by atoms with Crippen LogP contribution in [0.15, 0.2) is 72.8 Å². The zero-order valence-corrected chi connectivity index (χ0v) is 23.5. The van der Waals surface area contributed by atoms with Gasteiger partial charge in [-0.1, -0.05) is 36.4 Å². The van der Waals surface area contributed by atoms with Crippen molar-refractivity contribution in [3.8, 4) is 17.2 Å². The second kappa shape index (κ2) is 15.4. The number of ether oxygens (including phenoxy) is 6. The van der Waals surface area contributed by atoms with E-state index in [1.165, 1.54) is 16.7 Å². The summed E-state index contributed by atoms with van der Waals surface area (Å²) in [6, 6.07) is 24.8. The first-order chi connectivity index (χ1) is 18.4. The van der Waals surface area contributed by atoms with Crippen molar-refractivity contribution in [3.63, 3.8) is 0 Å². The van der Waals surface area contributed by atoms with Crippen molar-refractivity contribution in [2.75, 3.05) is 19.8 Å². The first-order valence-electron chi connectivity index (χ1n) is 13.5. The zero-order chi connectivity index (χ0) is 27.3. The summed E-state index contributed by atoms with van der Waals surface area (Å²) in [5, 5.41) is 0. The van der Waals surface area contributed by atoms with Crippen molar-refractivity contribution in [1.82, 2.24) is 0 Å². The van der Waals surface area contributed by atoms with Gasteiger partial charge in [-0.15, -0.1) is 0 Å². The van der Waals surface area contributed by atoms with Gasteiger partial charge < -0.3 is 28.4 Å². The fourth-order valence-corrected chi connectivity index (χ4v) is 4.31. The highest BCUT2D eigenvalue weighted by Gasteiger charge is 2.17. The predicted molar refractivity (Wildman–Crippen MR) is 150 cm³/mol. The van der Waals surface area contributed by atoms with Crippen LogP contribution in [0, 0.1) is 0 Å². The van der Waals surface area contributed by atoms with E-state index in [1.807, 2.05) is 77.9 Å². The summed E-state index contributed by atoms with van der Waals surface area (Å²) < 4.78 is 34.1. The molecule has 0 fully saturated rings. The van der Waals surface area contributed by atoms with E-state index >= 15 is 0 Å². The molecule has 0 bridgehead atoms. The Labute approximate surface area is 227 Å². The number of benzene rings is 3. The lowest BCUT2D eigenvalue weighted by Crippen LogP contribution is -2.16. The molecule has 206 valence electrons. The van der Waals surface area contributed by atoms with E-state index in [9.17, 15) is 0 Å². The molecule has 0 heterocycles. The van der Waals surface area contributed by atoms with Crippen molar-refractivity contribution < 1.29 is 28.4 Å². The number of hydrogen-bond donors (Lipinski definition) is 0. The predicted octanol–water partition coefficient (Wildman–Crippen LogP) is 7.35. The summed E-state index contributed by atoms with van der Waals surface area (Å²) in [5.41, 5.74) is 3.60. The molecule has 3 rings (SSSR count). The normalized spacial score (nSPS) is 14.4. The molecule has 3 unspecified atom stereocenters. The van der Waals surface area contributed by atoms with Crippen LogP contribution in [-0.2, 0) is 20.6 Å². The zero-order valence-electron chi connectivity index (χ0n) is 23.5. The van der Waals surface area contributed by atoms with Crippen LogP contribution in [0.3, 0.4) is 0 Å². The van der Waals surface area contributed by atoms with Gasteiger partial charge in [0.2, 0.25) is 0 Å². The third-order valence-electron chi connectivity index (χ3n) is 6.04. The maximum absolute atomic E-state index is 5.87. The van der Waals surface area contributed by atoms with E-state index in [4.69, 9.17) is 28.4 Å². The van der Waals surface area contributed by atoms with Gasteiger partial charge in [-0.05, 0) is 101 Å². The Morgan fingerprint density at radius 1 is 0.474 bits per heavy atom. The quantitative estimate of drug-likeness (QED) is 0.183. The Balaban J connectivity index is 1.81. The topological polar surface area (TPSA) is 55.4 Å². The molecule has 3 aromatic rings. The summed E-state index contributed by atoms with van der Waals surface area (Å²) in [4.78, 5) is 0. The highest BCUT2D eigenvalue weighted by Crippen LogP contribution is 2.32. The third-order valence-corrected chi connectivity index (χ3v) is 6.04. The van der Waals surface area contributed by atoms with Crippen molar-refractivity contribution >= 4 is 0 Å². The standard InChI is InChI=1S/C32H42O6/c1-7-33-23(4)36-29-16-10-26(11-17-29)22-32(27-12-18-30(19-13-27)37-24(5)34-8-2)28-14-20-31(21-15-28)38-25(6)35-9-3/h10-21,23-25,32H,7-9,22H2,1-6H3. The van der Waals surface area contributed by atoms with E-state index in [-0.39, 0.29) is 24.8 Å². The molecule has 6 heteroatoms. The monoisotopic (exact) mass is 522 g/mol. The van der Waals surface area contributed by atoms with Crippen LogP contribution in [0.2, 0.25) is 0 Å².